The van der Waals surface area contributed by atoms with Crippen molar-refractivity contribution in [3.63, 3.8) is 0 Å². The average molecular weight is 315 g/mol. The highest BCUT2D eigenvalue weighted by Crippen LogP contribution is 2.19. The van der Waals surface area contributed by atoms with Gasteiger partial charge in [0.2, 0.25) is 5.95 Å². The molecule has 6 heteroatoms. The van der Waals surface area contributed by atoms with E-state index in [1.54, 1.807) is 6.20 Å². The first-order valence-electron chi connectivity index (χ1n) is 7.89. The van der Waals surface area contributed by atoms with E-state index in [4.69, 9.17) is 4.74 Å². The Bertz CT molecular complexity index is 586. The van der Waals surface area contributed by atoms with Gasteiger partial charge in [0.05, 0.1) is 6.61 Å². The zero-order chi connectivity index (χ0) is 16.5. The van der Waals surface area contributed by atoms with Gasteiger partial charge >= 0.3 is 0 Å². The van der Waals surface area contributed by atoms with E-state index in [9.17, 15) is 0 Å². The summed E-state index contributed by atoms with van der Waals surface area (Å²) in [4.78, 5) is 10.9. The Morgan fingerprint density at radius 2 is 1.91 bits per heavy atom. The number of aromatic nitrogens is 2. The number of nitrogens with one attached hydrogen (secondary N) is 2. The molecule has 23 heavy (non-hydrogen) atoms. The molecular formula is C17H25N5O. The van der Waals surface area contributed by atoms with Gasteiger partial charge in [-0.3, -0.25) is 0 Å². The standard InChI is InChI=1S/C17H25N5O/c1-4-23-15-8-6-14(7-9-15)20-16-10-12-19-17(21-16)18-11-5-13-22(2)3/h6-10,12H,4-5,11,13H2,1-3H3,(H2,18,19,20,21). The summed E-state index contributed by atoms with van der Waals surface area (Å²) in [7, 11) is 4.13. The zero-order valence-electron chi connectivity index (χ0n) is 14.0. The third-order valence-corrected chi connectivity index (χ3v) is 3.16. The fourth-order valence-electron chi connectivity index (χ4n) is 2.06. The van der Waals surface area contributed by atoms with E-state index in [1.807, 2.05) is 37.3 Å². The van der Waals surface area contributed by atoms with E-state index in [2.05, 4.69) is 39.6 Å². The van der Waals surface area contributed by atoms with Crippen molar-refractivity contribution in [3.05, 3.63) is 36.5 Å². The van der Waals surface area contributed by atoms with Gasteiger partial charge in [-0.25, -0.2) is 4.98 Å². The lowest BCUT2D eigenvalue weighted by Gasteiger charge is -2.11. The summed E-state index contributed by atoms with van der Waals surface area (Å²) in [6, 6.07) is 9.66. The molecule has 124 valence electrons. The highest BCUT2D eigenvalue weighted by atomic mass is 16.5. The second kappa shape index (κ2) is 8.95. The molecule has 2 rings (SSSR count). The van der Waals surface area contributed by atoms with Crippen LogP contribution >= 0.6 is 0 Å². The van der Waals surface area contributed by atoms with E-state index in [0.29, 0.717) is 12.6 Å². The number of nitrogens with zero attached hydrogens (tertiary/aromatic N) is 3. The van der Waals surface area contributed by atoms with Gasteiger partial charge in [0.25, 0.3) is 0 Å². The number of hydrogen-bond acceptors (Lipinski definition) is 6. The van der Waals surface area contributed by atoms with Crippen molar-refractivity contribution in [1.29, 1.82) is 0 Å². The van der Waals surface area contributed by atoms with Crippen LogP contribution in [0.4, 0.5) is 17.5 Å². The maximum atomic E-state index is 5.44. The quantitative estimate of drug-likeness (QED) is 0.694. The molecule has 0 amide bonds. The van der Waals surface area contributed by atoms with Crippen LogP contribution in [-0.2, 0) is 0 Å². The minimum atomic E-state index is 0.639. The Morgan fingerprint density at radius 1 is 1.13 bits per heavy atom. The molecule has 0 spiro atoms. The molecule has 0 saturated heterocycles. The summed E-state index contributed by atoms with van der Waals surface area (Å²) in [5, 5.41) is 6.51. The molecule has 0 unspecified atom stereocenters. The summed E-state index contributed by atoms with van der Waals surface area (Å²) >= 11 is 0. The van der Waals surface area contributed by atoms with E-state index >= 15 is 0 Å². The molecule has 1 aromatic carbocycles. The van der Waals surface area contributed by atoms with Gasteiger partial charge in [0.1, 0.15) is 11.6 Å². The monoisotopic (exact) mass is 315 g/mol. The average Bonchev–Trinajstić information content (AvgIpc) is 2.54. The number of anilines is 3. The Balaban J connectivity index is 1.89. The Hall–Kier alpha value is -2.34. The van der Waals surface area contributed by atoms with Crippen LogP contribution in [0.25, 0.3) is 0 Å². The minimum Gasteiger partial charge on any atom is -0.494 e. The van der Waals surface area contributed by atoms with E-state index < -0.39 is 0 Å². The van der Waals surface area contributed by atoms with Crippen molar-refractivity contribution in [3.8, 4) is 5.75 Å². The van der Waals surface area contributed by atoms with Crippen molar-refractivity contribution >= 4 is 17.5 Å². The predicted octanol–water partition coefficient (Wildman–Crippen LogP) is 2.98. The van der Waals surface area contributed by atoms with Crippen molar-refractivity contribution in [1.82, 2.24) is 14.9 Å². The normalized spacial score (nSPS) is 10.6. The van der Waals surface area contributed by atoms with Crippen LogP contribution in [0.15, 0.2) is 36.5 Å². The summed E-state index contributed by atoms with van der Waals surface area (Å²) in [6.45, 7) is 4.53. The van der Waals surface area contributed by atoms with Crippen LogP contribution in [0, 0.1) is 0 Å². The molecule has 0 saturated carbocycles. The van der Waals surface area contributed by atoms with Crippen LogP contribution < -0.4 is 15.4 Å². The third-order valence-electron chi connectivity index (χ3n) is 3.16. The van der Waals surface area contributed by atoms with Crippen molar-refractivity contribution in [2.24, 2.45) is 0 Å². The molecule has 0 fully saturated rings. The number of benzene rings is 1. The van der Waals surface area contributed by atoms with Gasteiger partial charge in [-0.15, -0.1) is 0 Å². The Labute approximate surface area is 137 Å². The van der Waals surface area contributed by atoms with Crippen LogP contribution in [-0.4, -0.2) is 48.7 Å². The summed E-state index contributed by atoms with van der Waals surface area (Å²) in [5.74, 6) is 2.27. The largest absolute Gasteiger partial charge is 0.494 e. The summed E-state index contributed by atoms with van der Waals surface area (Å²) in [6.07, 6.45) is 2.80. The molecule has 0 atom stereocenters. The Kier molecular flexibility index (Phi) is 6.62. The first-order chi connectivity index (χ1) is 11.2. The van der Waals surface area contributed by atoms with Gasteiger partial charge < -0.3 is 20.3 Å². The van der Waals surface area contributed by atoms with Crippen LogP contribution in [0.2, 0.25) is 0 Å². The molecule has 0 aliphatic carbocycles. The van der Waals surface area contributed by atoms with Crippen molar-refractivity contribution in [2.45, 2.75) is 13.3 Å². The minimum absolute atomic E-state index is 0.639. The molecule has 2 aromatic rings. The predicted molar refractivity (Wildman–Crippen MR) is 94.6 cm³/mol. The van der Waals surface area contributed by atoms with E-state index in [1.165, 1.54) is 0 Å². The van der Waals surface area contributed by atoms with Crippen LogP contribution in [0.1, 0.15) is 13.3 Å². The van der Waals surface area contributed by atoms with Gasteiger partial charge in [-0.1, -0.05) is 0 Å². The van der Waals surface area contributed by atoms with Crippen molar-refractivity contribution < 1.29 is 4.74 Å². The fraction of sp³-hybridized carbons (Fsp3) is 0.412. The van der Waals surface area contributed by atoms with Crippen molar-refractivity contribution in [2.75, 3.05) is 44.4 Å². The lowest BCUT2D eigenvalue weighted by atomic mass is 10.3. The maximum Gasteiger partial charge on any atom is 0.224 e. The number of ether oxygens (including phenoxy) is 1. The lowest BCUT2D eigenvalue weighted by molar-refractivity contribution is 0.340. The molecule has 6 nitrogen and oxygen atoms in total. The Morgan fingerprint density at radius 3 is 2.61 bits per heavy atom. The zero-order valence-corrected chi connectivity index (χ0v) is 14.0. The van der Waals surface area contributed by atoms with Gasteiger partial charge in [-0.05, 0) is 64.3 Å². The molecule has 2 N–H and O–H groups in total. The lowest BCUT2D eigenvalue weighted by Crippen LogP contribution is -2.17. The van der Waals surface area contributed by atoms with Crippen LogP contribution in [0.5, 0.6) is 5.75 Å². The first kappa shape index (κ1) is 17.0. The molecule has 0 radical (unpaired) electrons. The number of rotatable bonds is 9. The molecule has 1 aromatic heterocycles. The highest BCUT2D eigenvalue weighted by molar-refractivity contribution is 5.57. The third kappa shape index (κ3) is 6.12. The topological polar surface area (TPSA) is 62.3 Å². The van der Waals surface area contributed by atoms with Gasteiger partial charge in [-0.2, -0.15) is 4.98 Å². The molecule has 0 aliphatic heterocycles. The fourth-order valence-corrected chi connectivity index (χ4v) is 2.06. The second-order valence-corrected chi connectivity index (χ2v) is 5.43. The first-order valence-corrected chi connectivity index (χ1v) is 7.89. The molecule has 0 aliphatic rings. The molecular weight excluding hydrogens is 290 g/mol. The van der Waals surface area contributed by atoms with E-state index in [-0.39, 0.29) is 0 Å². The summed E-state index contributed by atoms with van der Waals surface area (Å²) < 4.78 is 5.44. The second-order valence-electron chi connectivity index (χ2n) is 5.43. The SMILES string of the molecule is CCOc1ccc(Nc2ccnc(NCCCN(C)C)n2)cc1. The highest BCUT2D eigenvalue weighted by Gasteiger charge is 2.01. The maximum absolute atomic E-state index is 5.44. The van der Waals surface area contributed by atoms with Gasteiger partial charge in [0.15, 0.2) is 0 Å². The summed E-state index contributed by atoms with van der Waals surface area (Å²) in [5.41, 5.74) is 0.964. The van der Waals surface area contributed by atoms with E-state index in [0.717, 1.165) is 36.8 Å². The van der Waals surface area contributed by atoms with Gasteiger partial charge in [0, 0.05) is 18.4 Å². The van der Waals surface area contributed by atoms with Crippen LogP contribution in [0.3, 0.4) is 0 Å². The number of hydrogen-bond donors (Lipinski definition) is 2. The molecule has 1 heterocycles. The molecule has 0 bridgehead atoms. The smallest absolute Gasteiger partial charge is 0.224 e.